The lowest BCUT2D eigenvalue weighted by Gasteiger charge is -2.09. The number of nitrogens with one attached hydrogen (secondary N) is 1. The van der Waals surface area contributed by atoms with E-state index in [0.29, 0.717) is 0 Å². The van der Waals surface area contributed by atoms with Gasteiger partial charge in [0.25, 0.3) is 11.6 Å². The van der Waals surface area contributed by atoms with Gasteiger partial charge < -0.3 is 0 Å². The number of amides is 1. The fraction of sp³-hybridized carbons (Fsp3) is 0.333. The number of carbonyl (C=O) groups is 1. The number of hydrazone groups is 1. The summed E-state index contributed by atoms with van der Waals surface area (Å²) in [5.41, 5.74) is 1.86. The van der Waals surface area contributed by atoms with Gasteiger partial charge in [0, 0.05) is 12.3 Å². The second-order valence-corrected chi connectivity index (χ2v) is 4.84. The summed E-state index contributed by atoms with van der Waals surface area (Å²) >= 11 is 0. The average molecular weight is 249 g/mol. The van der Waals surface area contributed by atoms with Crippen molar-refractivity contribution in [1.82, 2.24) is 5.43 Å². The van der Waals surface area contributed by atoms with Crippen LogP contribution in [0.1, 0.15) is 31.1 Å². The van der Waals surface area contributed by atoms with Gasteiger partial charge in [-0.25, -0.2) is 5.43 Å². The van der Waals surface area contributed by atoms with E-state index in [4.69, 9.17) is 0 Å². The van der Waals surface area contributed by atoms with Crippen LogP contribution in [-0.2, 0) is 0 Å². The number of carbonyl (C=O) groups excluding carboxylic acids is 1. The topological polar surface area (TPSA) is 84.6 Å². The van der Waals surface area contributed by atoms with Crippen LogP contribution in [-0.4, -0.2) is 17.0 Å². The van der Waals surface area contributed by atoms with Gasteiger partial charge in [0.05, 0.1) is 4.92 Å². The number of benzene rings is 1. The molecular formula is C12H15N3O3. The lowest BCUT2D eigenvalue weighted by atomic mass is 9.99. The van der Waals surface area contributed by atoms with Crippen molar-refractivity contribution in [3.63, 3.8) is 0 Å². The Balaban J connectivity index is 2.86. The van der Waals surface area contributed by atoms with Gasteiger partial charge >= 0.3 is 0 Å². The number of rotatable bonds is 3. The summed E-state index contributed by atoms with van der Waals surface area (Å²) in [6.07, 6.45) is 1.57. The average Bonchev–Trinajstić information content (AvgIpc) is 2.27. The van der Waals surface area contributed by atoms with Crippen molar-refractivity contribution < 1.29 is 9.72 Å². The highest BCUT2D eigenvalue weighted by atomic mass is 16.6. The third-order valence-corrected chi connectivity index (χ3v) is 1.96. The minimum atomic E-state index is -0.595. The van der Waals surface area contributed by atoms with E-state index in [9.17, 15) is 14.9 Å². The molecule has 0 aromatic heterocycles. The molecule has 0 aliphatic rings. The Morgan fingerprint density at radius 1 is 1.39 bits per heavy atom. The quantitative estimate of drug-likeness (QED) is 0.507. The second-order valence-electron chi connectivity index (χ2n) is 4.84. The van der Waals surface area contributed by atoms with Crippen LogP contribution >= 0.6 is 0 Å². The summed E-state index contributed by atoms with van der Waals surface area (Å²) in [6, 6.07) is 5.74. The van der Waals surface area contributed by atoms with E-state index in [1.807, 2.05) is 20.8 Å². The van der Waals surface area contributed by atoms with Crippen LogP contribution in [0.25, 0.3) is 0 Å². The maximum absolute atomic E-state index is 11.7. The van der Waals surface area contributed by atoms with Crippen LogP contribution in [0.4, 0.5) is 5.69 Å². The van der Waals surface area contributed by atoms with Crippen LogP contribution < -0.4 is 5.43 Å². The first kappa shape index (κ1) is 13.8. The first-order valence-corrected chi connectivity index (χ1v) is 5.39. The molecule has 0 spiro atoms. The Kier molecular flexibility index (Phi) is 4.14. The first-order valence-electron chi connectivity index (χ1n) is 5.39. The highest BCUT2D eigenvalue weighted by Gasteiger charge is 2.18. The van der Waals surface area contributed by atoms with Crippen molar-refractivity contribution in [2.75, 3.05) is 0 Å². The third-order valence-electron chi connectivity index (χ3n) is 1.96. The monoisotopic (exact) mass is 249 g/mol. The Bertz CT molecular complexity index is 490. The zero-order valence-electron chi connectivity index (χ0n) is 10.5. The van der Waals surface area contributed by atoms with Gasteiger partial charge in [0.1, 0.15) is 5.56 Å². The molecule has 0 unspecified atom stereocenters. The van der Waals surface area contributed by atoms with Gasteiger partial charge in [-0.1, -0.05) is 32.9 Å². The summed E-state index contributed by atoms with van der Waals surface area (Å²) in [7, 11) is 0. The second kappa shape index (κ2) is 5.39. The number of nitro benzene ring substituents is 1. The number of hydrogen-bond donors (Lipinski definition) is 1. The molecule has 0 saturated carbocycles. The maximum atomic E-state index is 11.7. The smallest absolute Gasteiger partial charge is 0.267 e. The van der Waals surface area contributed by atoms with E-state index in [2.05, 4.69) is 10.5 Å². The largest absolute Gasteiger partial charge is 0.282 e. The standard InChI is InChI=1S/C12H15N3O3/c1-12(2,3)8-13-14-11(16)9-6-4-5-7-10(9)15(17)18/h4-8H,1-3H3,(H,14,16)/b13-8+. The zero-order valence-corrected chi connectivity index (χ0v) is 10.5. The molecule has 1 amide bonds. The Hall–Kier alpha value is -2.24. The molecule has 1 aromatic rings. The SMILES string of the molecule is CC(C)(C)/C=N/NC(=O)c1ccccc1[N+](=O)[O-]. The molecule has 1 rings (SSSR count). The molecule has 1 N–H and O–H groups in total. The molecule has 0 fully saturated rings. The van der Waals surface area contributed by atoms with E-state index in [1.165, 1.54) is 18.2 Å². The number of para-hydroxylation sites is 1. The molecule has 0 aliphatic heterocycles. The molecule has 0 atom stereocenters. The normalized spacial score (nSPS) is 11.5. The first-order chi connectivity index (χ1) is 8.31. The molecular weight excluding hydrogens is 234 g/mol. The fourth-order valence-corrected chi connectivity index (χ4v) is 1.17. The van der Waals surface area contributed by atoms with Crippen molar-refractivity contribution in [3.8, 4) is 0 Å². The molecule has 0 saturated heterocycles. The van der Waals surface area contributed by atoms with Crippen molar-refractivity contribution in [2.24, 2.45) is 10.5 Å². The summed E-state index contributed by atoms with van der Waals surface area (Å²) < 4.78 is 0. The fourth-order valence-electron chi connectivity index (χ4n) is 1.17. The zero-order chi connectivity index (χ0) is 13.8. The van der Waals surface area contributed by atoms with Crippen molar-refractivity contribution in [2.45, 2.75) is 20.8 Å². The van der Waals surface area contributed by atoms with Gasteiger partial charge in [-0.15, -0.1) is 0 Å². The Labute approximate surface area is 105 Å². The molecule has 18 heavy (non-hydrogen) atoms. The Morgan fingerprint density at radius 2 is 2.00 bits per heavy atom. The molecule has 0 radical (unpaired) electrons. The predicted octanol–water partition coefficient (Wildman–Crippen LogP) is 2.36. The van der Waals surface area contributed by atoms with Crippen LogP contribution in [0.3, 0.4) is 0 Å². The number of nitro groups is 1. The van der Waals surface area contributed by atoms with Crippen LogP contribution in [0.5, 0.6) is 0 Å². The van der Waals surface area contributed by atoms with E-state index in [-0.39, 0.29) is 16.7 Å². The predicted molar refractivity (Wildman–Crippen MR) is 68.5 cm³/mol. The van der Waals surface area contributed by atoms with Gasteiger partial charge in [0.2, 0.25) is 0 Å². The van der Waals surface area contributed by atoms with Gasteiger partial charge in [-0.05, 0) is 11.5 Å². The summed E-state index contributed by atoms with van der Waals surface area (Å²) in [5, 5.41) is 14.5. The summed E-state index contributed by atoms with van der Waals surface area (Å²) in [5.74, 6) is -0.595. The van der Waals surface area contributed by atoms with Crippen LogP contribution in [0, 0.1) is 15.5 Å². The summed E-state index contributed by atoms with van der Waals surface area (Å²) in [4.78, 5) is 21.9. The Morgan fingerprint density at radius 3 is 2.56 bits per heavy atom. The van der Waals surface area contributed by atoms with E-state index in [0.717, 1.165) is 0 Å². The highest BCUT2D eigenvalue weighted by molar-refractivity contribution is 5.98. The molecule has 0 aliphatic carbocycles. The van der Waals surface area contributed by atoms with E-state index >= 15 is 0 Å². The molecule has 6 nitrogen and oxygen atoms in total. The van der Waals surface area contributed by atoms with Crippen molar-refractivity contribution in [1.29, 1.82) is 0 Å². The highest BCUT2D eigenvalue weighted by Crippen LogP contribution is 2.17. The number of hydrogen-bond acceptors (Lipinski definition) is 4. The van der Waals surface area contributed by atoms with Crippen molar-refractivity contribution in [3.05, 3.63) is 39.9 Å². The van der Waals surface area contributed by atoms with Crippen LogP contribution in [0.2, 0.25) is 0 Å². The van der Waals surface area contributed by atoms with Crippen LogP contribution in [0.15, 0.2) is 29.4 Å². The molecule has 0 bridgehead atoms. The minimum absolute atomic E-state index is 0.00596. The molecule has 6 heteroatoms. The van der Waals surface area contributed by atoms with Gasteiger partial charge in [-0.2, -0.15) is 5.10 Å². The van der Waals surface area contributed by atoms with Gasteiger partial charge in [0.15, 0.2) is 0 Å². The van der Waals surface area contributed by atoms with Gasteiger partial charge in [-0.3, -0.25) is 14.9 Å². The van der Waals surface area contributed by atoms with E-state index in [1.54, 1.807) is 12.3 Å². The number of nitrogens with zero attached hydrogens (tertiary/aromatic N) is 2. The molecule has 96 valence electrons. The lowest BCUT2D eigenvalue weighted by molar-refractivity contribution is -0.385. The van der Waals surface area contributed by atoms with E-state index < -0.39 is 10.8 Å². The third kappa shape index (κ3) is 3.97. The minimum Gasteiger partial charge on any atom is -0.267 e. The van der Waals surface area contributed by atoms with Crippen molar-refractivity contribution >= 4 is 17.8 Å². The lowest BCUT2D eigenvalue weighted by Crippen LogP contribution is -2.20. The maximum Gasteiger partial charge on any atom is 0.282 e. The molecule has 1 aromatic carbocycles. The summed E-state index contributed by atoms with van der Waals surface area (Å²) in [6.45, 7) is 5.77. The molecule has 0 heterocycles.